The summed E-state index contributed by atoms with van der Waals surface area (Å²) >= 11 is 0. The number of nitrogens with one attached hydrogen (secondary N) is 3. The van der Waals surface area contributed by atoms with Crippen LogP contribution in [0.1, 0.15) is 34.8 Å². The zero-order valence-electron chi connectivity index (χ0n) is 17.3. The number of aromatic nitrogens is 3. The van der Waals surface area contributed by atoms with E-state index < -0.39 is 16.9 Å². The molecule has 0 aliphatic heterocycles. The standard InChI is InChI=1S/C21H22N6O5/c1-31-16-11-32-15(7-14(16)28)19(30)23-13-9-21(10-13,12-5-3-2-4-6-12)25-18(29)8-17-24-20(22)27-26-17/h2-7,11,13H,8-10H2,1H3,(H,23,30)(H,25,29)(H3,22,24,26,27). The van der Waals surface area contributed by atoms with Crippen LogP contribution in [0.4, 0.5) is 5.95 Å². The third kappa shape index (κ3) is 4.31. The Morgan fingerprint density at radius 2 is 2.06 bits per heavy atom. The molecular formula is C21H22N6O5. The van der Waals surface area contributed by atoms with Crippen molar-refractivity contribution in [3.63, 3.8) is 0 Å². The molecule has 0 bridgehead atoms. The first-order valence-electron chi connectivity index (χ1n) is 9.89. The Labute approximate surface area is 182 Å². The summed E-state index contributed by atoms with van der Waals surface area (Å²) in [6.45, 7) is 0. The number of benzene rings is 1. The van der Waals surface area contributed by atoms with E-state index in [1.165, 1.54) is 7.11 Å². The van der Waals surface area contributed by atoms with Crippen molar-refractivity contribution in [3.8, 4) is 5.75 Å². The molecule has 1 aromatic carbocycles. The van der Waals surface area contributed by atoms with Gasteiger partial charge >= 0.3 is 0 Å². The second kappa shape index (κ2) is 8.53. The molecule has 2 heterocycles. The fourth-order valence-electron chi connectivity index (χ4n) is 3.83. The number of carbonyl (C=O) groups excluding carboxylic acids is 2. The number of hydrogen-bond acceptors (Lipinski definition) is 8. The van der Waals surface area contributed by atoms with Crippen molar-refractivity contribution in [2.75, 3.05) is 12.8 Å². The van der Waals surface area contributed by atoms with Crippen molar-refractivity contribution in [2.45, 2.75) is 30.8 Å². The highest BCUT2D eigenvalue weighted by atomic mass is 16.5. The summed E-state index contributed by atoms with van der Waals surface area (Å²) in [5.74, 6) is -0.427. The van der Waals surface area contributed by atoms with Gasteiger partial charge in [-0.1, -0.05) is 30.3 Å². The minimum absolute atomic E-state index is 0.00713. The predicted octanol–water partition coefficient (Wildman–Crippen LogP) is 0.495. The number of carbonyl (C=O) groups is 2. The molecule has 3 aromatic rings. The van der Waals surface area contributed by atoms with Crippen molar-refractivity contribution in [3.05, 3.63) is 70.0 Å². The Morgan fingerprint density at radius 1 is 1.31 bits per heavy atom. The number of nitrogens with zero attached hydrogens (tertiary/aromatic N) is 2. The maximum atomic E-state index is 12.7. The van der Waals surface area contributed by atoms with Crippen LogP contribution in [0.15, 0.2) is 51.9 Å². The number of rotatable bonds is 7. The minimum Gasteiger partial charge on any atom is -0.490 e. The highest BCUT2D eigenvalue weighted by molar-refractivity contribution is 5.91. The molecule has 166 valence electrons. The maximum absolute atomic E-state index is 12.7. The van der Waals surface area contributed by atoms with Gasteiger partial charge in [-0.15, -0.1) is 5.10 Å². The van der Waals surface area contributed by atoms with Crippen LogP contribution < -0.4 is 26.5 Å². The van der Waals surface area contributed by atoms with E-state index in [4.69, 9.17) is 14.9 Å². The summed E-state index contributed by atoms with van der Waals surface area (Å²) in [6, 6.07) is 10.4. The summed E-state index contributed by atoms with van der Waals surface area (Å²) < 4.78 is 10.1. The molecule has 0 radical (unpaired) electrons. The lowest BCUT2D eigenvalue weighted by Crippen LogP contribution is -2.61. The SMILES string of the molecule is COc1coc(C(=O)NC2CC(NC(=O)Cc3nc(N)n[nH]3)(c3ccccc3)C2)cc1=O. The minimum atomic E-state index is -0.650. The van der Waals surface area contributed by atoms with Gasteiger partial charge < -0.3 is 25.5 Å². The normalized spacial score (nSPS) is 19.6. The predicted molar refractivity (Wildman–Crippen MR) is 113 cm³/mol. The Morgan fingerprint density at radius 3 is 2.69 bits per heavy atom. The second-order valence-electron chi connectivity index (χ2n) is 7.57. The van der Waals surface area contributed by atoms with Crippen LogP contribution in [0.3, 0.4) is 0 Å². The number of methoxy groups -OCH3 is 1. The number of H-pyrrole nitrogens is 1. The molecule has 5 N–H and O–H groups in total. The van der Waals surface area contributed by atoms with Gasteiger partial charge in [0, 0.05) is 12.1 Å². The zero-order chi connectivity index (χ0) is 22.7. The van der Waals surface area contributed by atoms with Gasteiger partial charge in [-0.05, 0) is 18.4 Å². The summed E-state index contributed by atoms with van der Waals surface area (Å²) in [6.07, 6.45) is 2.02. The Balaban J connectivity index is 1.44. The van der Waals surface area contributed by atoms with E-state index in [2.05, 4.69) is 25.8 Å². The Hall–Kier alpha value is -4.15. The maximum Gasteiger partial charge on any atom is 0.287 e. The second-order valence-corrected chi connectivity index (χ2v) is 7.57. The summed E-state index contributed by atoms with van der Waals surface area (Å²) in [7, 11) is 1.34. The van der Waals surface area contributed by atoms with Crippen LogP contribution in [-0.4, -0.2) is 40.1 Å². The van der Waals surface area contributed by atoms with Crippen LogP contribution in [0.5, 0.6) is 5.75 Å². The Bertz CT molecular complexity index is 1180. The molecule has 0 spiro atoms. The lowest BCUT2D eigenvalue weighted by atomic mass is 9.68. The number of nitrogen functional groups attached to an aromatic ring is 1. The first-order chi connectivity index (χ1) is 15.4. The van der Waals surface area contributed by atoms with E-state index in [0.717, 1.165) is 17.9 Å². The molecule has 32 heavy (non-hydrogen) atoms. The van der Waals surface area contributed by atoms with Crippen molar-refractivity contribution >= 4 is 17.8 Å². The fourth-order valence-corrected chi connectivity index (χ4v) is 3.83. The Kier molecular flexibility index (Phi) is 5.63. The van der Waals surface area contributed by atoms with E-state index in [0.29, 0.717) is 18.7 Å². The number of ether oxygens (including phenoxy) is 1. The van der Waals surface area contributed by atoms with Crippen LogP contribution >= 0.6 is 0 Å². The zero-order valence-corrected chi connectivity index (χ0v) is 17.3. The molecule has 11 nitrogen and oxygen atoms in total. The highest BCUT2D eigenvalue weighted by Gasteiger charge is 2.47. The van der Waals surface area contributed by atoms with E-state index in [9.17, 15) is 14.4 Å². The highest BCUT2D eigenvalue weighted by Crippen LogP contribution is 2.41. The molecular weight excluding hydrogens is 416 g/mol. The summed E-state index contributed by atoms with van der Waals surface area (Å²) in [4.78, 5) is 41.0. The molecule has 0 saturated heterocycles. The molecule has 0 unspecified atom stereocenters. The van der Waals surface area contributed by atoms with Gasteiger partial charge in [0.1, 0.15) is 12.1 Å². The molecule has 1 aliphatic carbocycles. The number of amides is 2. The molecule has 1 fully saturated rings. The monoisotopic (exact) mass is 438 g/mol. The largest absolute Gasteiger partial charge is 0.490 e. The quantitative estimate of drug-likeness (QED) is 0.414. The molecule has 4 rings (SSSR count). The van der Waals surface area contributed by atoms with E-state index in [1.54, 1.807) is 0 Å². The van der Waals surface area contributed by atoms with Crippen LogP contribution in [0.25, 0.3) is 0 Å². The van der Waals surface area contributed by atoms with Crippen LogP contribution in [-0.2, 0) is 16.8 Å². The van der Waals surface area contributed by atoms with Gasteiger partial charge in [0.2, 0.25) is 23.0 Å². The number of hydrogen-bond donors (Lipinski definition) is 4. The fraction of sp³-hybridized carbons (Fsp3) is 0.286. The molecule has 1 saturated carbocycles. The van der Waals surface area contributed by atoms with Gasteiger partial charge in [-0.3, -0.25) is 19.5 Å². The van der Waals surface area contributed by atoms with Gasteiger partial charge in [-0.25, -0.2) is 0 Å². The molecule has 11 heteroatoms. The number of nitrogens with two attached hydrogens (primary N) is 1. The first kappa shape index (κ1) is 21.1. The van der Waals surface area contributed by atoms with Gasteiger partial charge in [0.25, 0.3) is 5.91 Å². The number of anilines is 1. The lowest BCUT2D eigenvalue weighted by Gasteiger charge is -2.48. The van der Waals surface area contributed by atoms with E-state index in [1.807, 2.05) is 30.3 Å². The smallest absolute Gasteiger partial charge is 0.287 e. The third-order valence-electron chi connectivity index (χ3n) is 5.35. The molecule has 2 amide bonds. The van der Waals surface area contributed by atoms with E-state index >= 15 is 0 Å². The van der Waals surface area contributed by atoms with Crippen molar-refractivity contribution < 1.29 is 18.7 Å². The van der Waals surface area contributed by atoms with Gasteiger partial charge in [0.05, 0.1) is 19.1 Å². The average molecular weight is 438 g/mol. The van der Waals surface area contributed by atoms with Gasteiger partial charge in [0.15, 0.2) is 5.76 Å². The molecule has 2 aromatic heterocycles. The average Bonchev–Trinajstić information content (AvgIpc) is 3.16. The summed E-state index contributed by atoms with van der Waals surface area (Å²) in [5, 5.41) is 12.2. The topological polar surface area (TPSA) is 165 Å². The first-order valence-corrected chi connectivity index (χ1v) is 9.89. The molecule has 0 atom stereocenters. The van der Waals surface area contributed by atoms with Crippen LogP contribution in [0, 0.1) is 0 Å². The van der Waals surface area contributed by atoms with E-state index in [-0.39, 0.29) is 35.8 Å². The van der Waals surface area contributed by atoms with Crippen molar-refractivity contribution in [2.24, 2.45) is 0 Å². The lowest BCUT2D eigenvalue weighted by molar-refractivity contribution is -0.124. The summed E-state index contributed by atoms with van der Waals surface area (Å²) in [5.41, 5.74) is 5.31. The van der Waals surface area contributed by atoms with Gasteiger partial charge in [-0.2, -0.15) is 4.98 Å². The van der Waals surface area contributed by atoms with Crippen LogP contribution in [0.2, 0.25) is 0 Å². The van der Waals surface area contributed by atoms with Crippen molar-refractivity contribution in [1.29, 1.82) is 0 Å². The molecule has 1 aliphatic rings. The number of aromatic amines is 1. The van der Waals surface area contributed by atoms with Crippen molar-refractivity contribution in [1.82, 2.24) is 25.8 Å². The third-order valence-corrected chi connectivity index (χ3v) is 5.35.